The molecule has 0 spiro atoms. The number of amides is 2. The average Bonchev–Trinajstić information content (AvgIpc) is 2.15. The van der Waals surface area contributed by atoms with Crippen LogP contribution in [-0.4, -0.2) is 54.4 Å². The van der Waals surface area contributed by atoms with E-state index in [4.69, 9.17) is 0 Å². The molecule has 1 aliphatic heterocycles. The van der Waals surface area contributed by atoms with Crippen molar-refractivity contribution in [1.29, 1.82) is 0 Å². The highest BCUT2D eigenvalue weighted by Gasteiger charge is 2.40. The van der Waals surface area contributed by atoms with Gasteiger partial charge in [0.25, 0.3) is 0 Å². The largest absolute Gasteiger partial charge is 0.453 e. The van der Waals surface area contributed by atoms with E-state index < -0.39 is 17.6 Å². The molecule has 1 saturated heterocycles. The standard InChI is InChI=1S/C10H18N2O4/c1-3-4-10(15)6-12(7-10)5-8(13)11-9(14)16-2/h15H,3-7H2,1-2H3,(H,11,13,14). The number of ether oxygens (including phenoxy) is 1. The molecular formula is C10H18N2O4. The molecule has 2 amide bonds. The Labute approximate surface area is 94.6 Å². The number of imide groups is 1. The SMILES string of the molecule is CCCC1(O)CN(CC(=O)NC(=O)OC)C1. The Bertz CT molecular complexity index is 274. The Hall–Kier alpha value is -1.14. The van der Waals surface area contributed by atoms with Crippen molar-refractivity contribution in [2.45, 2.75) is 25.4 Å². The molecule has 0 bridgehead atoms. The van der Waals surface area contributed by atoms with Crippen molar-refractivity contribution in [3.63, 3.8) is 0 Å². The number of methoxy groups -OCH3 is 1. The summed E-state index contributed by atoms with van der Waals surface area (Å²) in [5.41, 5.74) is -0.652. The van der Waals surface area contributed by atoms with Crippen LogP contribution in [0.15, 0.2) is 0 Å². The van der Waals surface area contributed by atoms with Crippen molar-refractivity contribution in [3.8, 4) is 0 Å². The van der Waals surface area contributed by atoms with Gasteiger partial charge in [-0.15, -0.1) is 0 Å². The monoisotopic (exact) mass is 230 g/mol. The maximum absolute atomic E-state index is 11.2. The van der Waals surface area contributed by atoms with Crippen molar-refractivity contribution >= 4 is 12.0 Å². The van der Waals surface area contributed by atoms with Crippen LogP contribution in [0, 0.1) is 0 Å². The lowest BCUT2D eigenvalue weighted by Gasteiger charge is -2.46. The van der Waals surface area contributed by atoms with E-state index in [-0.39, 0.29) is 6.54 Å². The fraction of sp³-hybridized carbons (Fsp3) is 0.800. The number of alkyl carbamates (subject to hydrolysis) is 1. The normalized spacial score (nSPS) is 18.7. The van der Waals surface area contributed by atoms with Crippen LogP contribution >= 0.6 is 0 Å². The lowest BCUT2D eigenvalue weighted by atomic mass is 9.89. The highest BCUT2D eigenvalue weighted by molar-refractivity contribution is 5.92. The van der Waals surface area contributed by atoms with Crippen LogP contribution in [0.2, 0.25) is 0 Å². The van der Waals surface area contributed by atoms with Gasteiger partial charge < -0.3 is 9.84 Å². The Morgan fingerprint density at radius 2 is 2.12 bits per heavy atom. The topological polar surface area (TPSA) is 78.9 Å². The van der Waals surface area contributed by atoms with Crippen LogP contribution in [0.1, 0.15) is 19.8 Å². The second-order valence-corrected chi connectivity index (χ2v) is 4.16. The molecule has 1 rings (SSSR count). The fourth-order valence-electron chi connectivity index (χ4n) is 1.93. The zero-order valence-corrected chi connectivity index (χ0v) is 9.65. The van der Waals surface area contributed by atoms with Crippen molar-refractivity contribution in [1.82, 2.24) is 10.2 Å². The number of carbonyl (C=O) groups is 2. The van der Waals surface area contributed by atoms with E-state index in [9.17, 15) is 14.7 Å². The predicted octanol–water partition coefficient (Wildman–Crippen LogP) is -0.284. The molecular weight excluding hydrogens is 212 g/mol. The van der Waals surface area contributed by atoms with Gasteiger partial charge in [-0.1, -0.05) is 13.3 Å². The first kappa shape index (κ1) is 12.9. The first-order valence-electron chi connectivity index (χ1n) is 5.31. The third-order valence-corrected chi connectivity index (χ3v) is 2.55. The highest BCUT2D eigenvalue weighted by Crippen LogP contribution is 2.24. The Morgan fingerprint density at radius 3 is 2.62 bits per heavy atom. The van der Waals surface area contributed by atoms with Crippen LogP contribution in [0.4, 0.5) is 4.79 Å². The number of aliphatic hydroxyl groups is 1. The summed E-state index contributed by atoms with van der Waals surface area (Å²) < 4.78 is 4.29. The van der Waals surface area contributed by atoms with E-state index in [0.717, 1.165) is 12.8 Å². The molecule has 0 saturated carbocycles. The van der Waals surface area contributed by atoms with Crippen molar-refractivity contribution < 1.29 is 19.4 Å². The smallest absolute Gasteiger partial charge is 0.413 e. The van der Waals surface area contributed by atoms with Gasteiger partial charge in [-0.25, -0.2) is 4.79 Å². The fourth-order valence-corrected chi connectivity index (χ4v) is 1.93. The van der Waals surface area contributed by atoms with Crippen LogP contribution in [-0.2, 0) is 9.53 Å². The number of nitrogens with one attached hydrogen (secondary N) is 1. The van der Waals surface area contributed by atoms with Gasteiger partial charge in [0.2, 0.25) is 5.91 Å². The maximum Gasteiger partial charge on any atom is 0.413 e. The minimum absolute atomic E-state index is 0.112. The lowest BCUT2D eigenvalue weighted by molar-refractivity contribution is -0.133. The Morgan fingerprint density at radius 1 is 1.50 bits per heavy atom. The third kappa shape index (κ3) is 3.46. The molecule has 0 aromatic carbocycles. The summed E-state index contributed by atoms with van der Waals surface area (Å²) in [7, 11) is 1.20. The van der Waals surface area contributed by atoms with Crippen molar-refractivity contribution in [2.75, 3.05) is 26.7 Å². The van der Waals surface area contributed by atoms with Crippen LogP contribution in [0.3, 0.4) is 0 Å². The van der Waals surface area contributed by atoms with Gasteiger partial charge >= 0.3 is 6.09 Å². The molecule has 2 N–H and O–H groups in total. The minimum Gasteiger partial charge on any atom is -0.453 e. The molecule has 92 valence electrons. The van der Waals surface area contributed by atoms with Gasteiger partial charge in [-0.2, -0.15) is 0 Å². The molecule has 1 fully saturated rings. The maximum atomic E-state index is 11.2. The van der Waals surface area contributed by atoms with Crippen molar-refractivity contribution in [2.24, 2.45) is 0 Å². The minimum atomic E-state index is -0.755. The molecule has 16 heavy (non-hydrogen) atoms. The zero-order valence-electron chi connectivity index (χ0n) is 9.65. The molecule has 0 unspecified atom stereocenters. The summed E-state index contributed by atoms with van der Waals surface area (Å²) in [6.07, 6.45) is 0.898. The lowest BCUT2D eigenvalue weighted by Crippen LogP contribution is -2.63. The first-order valence-corrected chi connectivity index (χ1v) is 5.31. The number of rotatable bonds is 4. The molecule has 0 aromatic heterocycles. The van der Waals surface area contributed by atoms with Crippen LogP contribution in [0.5, 0.6) is 0 Å². The van der Waals surface area contributed by atoms with Gasteiger partial charge in [-0.05, 0) is 6.42 Å². The summed E-state index contributed by atoms with van der Waals surface area (Å²) in [6.45, 7) is 3.08. The van der Waals surface area contributed by atoms with E-state index in [1.165, 1.54) is 7.11 Å². The van der Waals surface area contributed by atoms with Crippen LogP contribution < -0.4 is 5.32 Å². The number of β-amino-alcohol motifs (C(OH)–C–C–N with tert-alkyl or cyclic N) is 1. The molecule has 0 radical (unpaired) electrons. The number of hydrogen-bond acceptors (Lipinski definition) is 5. The summed E-state index contributed by atoms with van der Waals surface area (Å²) >= 11 is 0. The summed E-state index contributed by atoms with van der Waals surface area (Å²) in [5, 5.41) is 11.9. The second kappa shape index (κ2) is 5.27. The number of carbonyl (C=O) groups excluding carboxylic acids is 2. The summed E-state index contributed by atoms with van der Waals surface area (Å²) in [4.78, 5) is 23.8. The number of hydrogen-bond donors (Lipinski definition) is 2. The molecule has 1 heterocycles. The summed E-state index contributed by atoms with van der Waals surface area (Å²) in [6, 6.07) is 0. The molecule has 1 aliphatic rings. The first-order chi connectivity index (χ1) is 7.49. The Balaban J connectivity index is 2.22. The quantitative estimate of drug-likeness (QED) is 0.694. The Kier molecular flexibility index (Phi) is 4.26. The van der Waals surface area contributed by atoms with E-state index >= 15 is 0 Å². The zero-order chi connectivity index (χ0) is 12.2. The van der Waals surface area contributed by atoms with Gasteiger partial charge in [0.05, 0.1) is 19.3 Å². The molecule has 0 aromatic rings. The average molecular weight is 230 g/mol. The van der Waals surface area contributed by atoms with Crippen LogP contribution in [0.25, 0.3) is 0 Å². The number of nitrogens with zero attached hydrogens (tertiary/aromatic N) is 1. The molecule has 6 heteroatoms. The highest BCUT2D eigenvalue weighted by atomic mass is 16.5. The molecule has 6 nitrogen and oxygen atoms in total. The van der Waals surface area contributed by atoms with Gasteiger partial charge in [-0.3, -0.25) is 15.0 Å². The summed E-state index contributed by atoms with van der Waals surface area (Å²) in [5.74, 6) is -0.412. The van der Waals surface area contributed by atoms with E-state index in [2.05, 4.69) is 10.1 Å². The van der Waals surface area contributed by atoms with E-state index in [1.807, 2.05) is 6.92 Å². The van der Waals surface area contributed by atoms with E-state index in [1.54, 1.807) is 4.90 Å². The van der Waals surface area contributed by atoms with E-state index in [0.29, 0.717) is 13.1 Å². The number of likely N-dealkylation sites (tertiary alicyclic amines) is 1. The predicted molar refractivity (Wildman–Crippen MR) is 56.8 cm³/mol. The van der Waals surface area contributed by atoms with Gasteiger partial charge in [0.1, 0.15) is 0 Å². The van der Waals surface area contributed by atoms with Crippen molar-refractivity contribution in [3.05, 3.63) is 0 Å². The van der Waals surface area contributed by atoms with Gasteiger partial charge in [0.15, 0.2) is 0 Å². The van der Waals surface area contributed by atoms with Gasteiger partial charge in [0, 0.05) is 13.1 Å². The molecule has 0 aliphatic carbocycles. The third-order valence-electron chi connectivity index (χ3n) is 2.55. The molecule has 0 atom stereocenters. The second-order valence-electron chi connectivity index (χ2n) is 4.16.